The van der Waals surface area contributed by atoms with Gasteiger partial charge in [0, 0.05) is 0 Å². The standard InChI is InChI=1S/C22H28O2/c1-3-16-6-9-20-19-8-4-14-12-15(21(24)13-23)5-7-17(14)18(19)10-11-22(16,20)2/h3,5,7,12-13,18-21,24H,4,6,8-11H2,1-2H3/b16-3-/t18?,19?,20?,21?,22-/m1/s1. The molecule has 0 saturated heterocycles. The molecule has 1 aromatic carbocycles. The van der Waals surface area contributed by atoms with Crippen LogP contribution in [0.2, 0.25) is 0 Å². The summed E-state index contributed by atoms with van der Waals surface area (Å²) in [5.41, 5.74) is 5.73. The van der Waals surface area contributed by atoms with Crippen molar-refractivity contribution < 1.29 is 9.90 Å². The monoisotopic (exact) mass is 324 g/mol. The topological polar surface area (TPSA) is 37.3 Å². The molecule has 0 bridgehead atoms. The Hall–Kier alpha value is -1.41. The highest BCUT2D eigenvalue weighted by Crippen LogP contribution is 2.62. The van der Waals surface area contributed by atoms with Crippen LogP contribution in [0.4, 0.5) is 0 Å². The molecule has 1 aromatic rings. The van der Waals surface area contributed by atoms with Crippen LogP contribution in [0, 0.1) is 17.3 Å². The van der Waals surface area contributed by atoms with Crippen molar-refractivity contribution in [3.8, 4) is 0 Å². The summed E-state index contributed by atoms with van der Waals surface area (Å²) in [6, 6.07) is 6.23. The zero-order valence-electron chi connectivity index (χ0n) is 14.8. The molecular weight excluding hydrogens is 296 g/mol. The number of rotatable bonds is 2. The minimum absolute atomic E-state index is 0.432. The number of carbonyl (C=O) groups excluding carboxylic acids is 1. The summed E-state index contributed by atoms with van der Waals surface area (Å²) in [6.07, 6.45) is 9.60. The molecule has 0 aliphatic heterocycles. The molecule has 5 atom stereocenters. The first kappa shape index (κ1) is 16.1. The van der Waals surface area contributed by atoms with Crippen LogP contribution in [0.3, 0.4) is 0 Å². The van der Waals surface area contributed by atoms with E-state index in [0.29, 0.717) is 17.6 Å². The Morgan fingerprint density at radius 3 is 2.83 bits per heavy atom. The lowest BCUT2D eigenvalue weighted by atomic mass is 9.55. The summed E-state index contributed by atoms with van der Waals surface area (Å²) >= 11 is 0. The molecule has 3 aliphatic rings. The molecule has 2 saturated carbocycles. The number of aldehydes is 1. The normalized spacial score (nSPS) is 37.5. The van der Waals surface area contributed by atoms with Crippen molar-refractivity contribution in [2.45, 2.75) is 64.4 Å². The van der Waals surface area contributed by atoms with E-state index in [2.05, 4.69) is 32.1 Å². The third-order valence-electron chi connectivity index (χ3n) is 7.42. The van der Waals surface area contributed by atoms with E-state index in [-0.39, 0.29) is 0 Å². The van der Waals surface area contributed by atoms with Gasteiger partial charge < -0.3 is 9.90 Å². The maximum atomic E-state index is 10.9. The van der Waals surface area contributed by atoms with Crippen molar-refractivity contribution in [2.24, 2.45) is 17.3 Å². The van der Waals surface area contributed by atoms with Gasteiger partial charge in [0.05, 0.1) is 0 Å². The van der Waals surface area contributed by atoms with Crippen LogP contribution in [-0.2, 0) is 11.2 Å². The van der Waals surface area contributed by atoms with Crippen LogP contribution >= 0.6 is 0 Å². The summed E-state index contributed by atoms with van der Waals surface area (Å²) in [4.78, 5) is 10.9. The Morgan fingerprint density at radius 1 is 1.25 bits per heavy atom. The fraction of sp³-hybridized carbons (Fsp3) is 0.591. The van der Waals surface area contributed by atoms with E-state index in [1.165, 1.54) is 43.2 Å². The molecule has 0 heterocycles. The first-order valence-corrected chi connectivity index (χ1v) is 9.50. The highest BCUT2D eigenvalue weighted by Gasteiger charge is 2.52. The Labute approximate surface area is 145 Å². The first-order chi connectivity index (χ1) is 11.6. The van der Waals surface area contributed by atoms with Gasteiger partial charge in [-0.05, 0) is 85.3 Å². The third-order valence-corrected chi connectivity index (χ3v) is 7.42. The summed E-state index contributed by atoms with van der Waals surface area (Å²) in [7, 11) is 0. The van der Waals surface area contributed by atoms with Gasteiger partial charge in [0.25, 0.3) is 0 Å². The maximum absolute atomic E-state index is 10.9. The Balaban J connectivity index is 1.67. The number of hydrogen-bond donors (Lipinski definition) is 1. The molecular formula is C22H28O2. The van der Waals surface area contributed by atoms with Gasteiger partial charge in [0.1, 0.15) is 6.10 Å². The third kappa shape index (κ3) is 2.23. The molecule has 1 N–H and O–H groups in total. The second kappa shape index (κ2) is 5.84. The van der Waals surface area contributed by atoms with E-state index in [1.807, 2.05) is 6.07 Å². The molecule has 0 amide bonds. The summed E-state index contributed by atoms with van der Waals surface area (Å²) < 4.78 is 0. The SMILES string of the molecule is C/C=C1/CCC2C3CCc4cc(C(O)C=O)ccc4C3CC[C@]12C. The van der Waals surface area contributed by atoms with E-state index < -0.39 is 6.10 Å². The Kier molecular flexibility index (Phi) is 3.91. The highest BCUT2D eigenvalue weighted by atomic mass is 16.3. The average Bonchev–Trinajstić information content (AvgIpc) is 2.96. The number of hydrogen-bond acceptors (Lipinski definition) is 2. The van der Waals surface area contributed by atoms with Gasteiger partial charge in [-0.15, -0.1) is 0 Å². The Morgan fingerprint density at radius 2 is 2.08 bits per heavy atom. The highest BCUT2D eigenvalue weighted by molar-refractivity contribution is 5.60. The lowest BCUT2D eigenvalue weighted by Crippen LogP contribution is -2.40. The van der Waals surface area contributed by atoms with Gasteiger partial charge >= 0.3 is 0 Å². The molecule has 4 unspecified atom stereocenters. The minimum Gasteiger partial charge on any atom is -0.381 e. The predicted molar refractivity (Wildman–Crippen MR) is 95.8 cm³/mol. The number of allylic oxidation sites excluding steroid dienone is 2. The lowest BCUT2D eigenvalue weighted by Gasteiger charge is -2.49. The van der Waals surface area contributed by atoms with Crippen LogP contribution < -0.4 is 0 Å². The molecule has 2 nitrogen and oxygen atoms in total. The van der Waals surface area contributed by atoms with Crippen molar-refractivity contribution in [3.05, 3.63) is 46.5 Å². The largest absolute Gasteiger partial charge is 0.381 e. The van der Waals surface area contributed by atoms with Gasteiger partial charge in [-0.3, -0.25) is 0 Å². The fourth-order valence-electron chi connectivity index (χ4n) is 6.19. The van der Waals surface area contributed by atoms with Crippen LogP contribution in [0.1, 0.15) is 74.7 Å². The summed E-state index contributed by atoms with van der Waals surface area (Å²) in [6.45, 7) is 4.72. The molecule has 0 aromatic heterocycles. The van der Waals surface area contributed by atoms with Gasteiger partial charge in [-0.1, -0.05) is 36.8 Å². The number of fused-ring (bicyclic) bond motifs is 5. The second-order valence-corrected chi connectivity index (χ2v) is 8.26. The second-order valence-electron chi connectivity index (χ2n) is 8.26. The molecule has 0 spiro atoms. The van der Waals surface area contributed by atoms with E-state index >= 15 is 0 Å². The number of aryl methyl sites for hydroxylation is 1. The van der Waals surface area contributed by atoms with Crippen molar-refractivity contribution in [1.29, 1.82) is 0 Å². The van der Waals surface area contributed by atoms with E-state index in [9.17, 15) is 9.90 Å². The quantitative estimate of drug-likeness (QED) is 0.631. The number of aliphatic hydroxyl groups excluding tert-OH is 1. The first-order valence-electron chi connectivity index (χ1n) is 9.50. The minimum atomic E-state index is -0.977. The number of carbonyl (C=O) groups is 1. The van der Waals surface area contributed by atoms with Gasteiger partial charge in [-0.25, -0.2) is 0 Å². The van der Waals surface area contributed by atoms with E-state index in [0.717, 1.165) is 23.8 Å². The number of aliphatic hydroxyl groups is 1. The molecule has 2 heteroatoms. The zero-order valence-corrected chi connectivity index (χ0v) is 14.8. The van der Waals surface area contributed by atoms with Crippen molar-refractivity contribution >= 4 is 6.29 Å². The summed E-state index contributed by atoms with van der Waals surface area (Å²) in [5.74, 6) is 2.30. The predicted octanol–water partition coefficient (Wildman–Crippen LogP) is 4.72. The van der Waals surface area contributed by atoms with E-state index in [4.69, 9.17) is 0 Å². The lowest BCUT2D eigenvalue weighted by molar-refractivity contribution is -0.115. The molecule has 0 radical (unpaired) electrons. The molecule has 3 aliphatic carbocycles. The molecule has 128 valence electrons. The van der Waals surface area contributed by atoms with Crippen molar-refractivity contribution in [1.82, 2.24) is 0 Å². The van der Waals surface area contributed by atoms with Crippen molar-refractivity contribution in [2.75, 3.05) is 0 Å². The molecule has 4 rings (SSSR count). The van der Waals surface area contributed by atoms with Crippen LogP contribution in [0.25, 0.3) is 0 Å². The van der Waals surface area contributed by atoms with Gasteiger partial charge in [0.15, 0.2) is 6.29 Å². The smallest absolute Gasteiger partial charge is 0.153 e. The van der Waals surface area contributed by atoms with E-state index in [1.54, 1.807) is 5.57 Å². The molecule has 24 heavy (non-hydrogen) atoms. The Bertz CT molecular complexity index is 689. The zero-order chi connectivity index (χ0) is 16.9. The van der Waals surface area contributed by atoms with Gasteiger partial charge in [-0.2, -0.15) is 0 Å². The number of benzene rings is 1. The maximum Gasteiger partial charge on any atom is 0.153 e. The fourth-order valence-corrected chi connectivity index (χ4v) is 6.19. The van der Waals surface area contributed by atoms with Crippen LogP contribution in [-0.4, -0.2) is 11.4 Å². The van der Waals surface area contributed by atoms with Gasteiger partial charge in [0.2, 0.25) is 0 Å². The average molecular weight is 324 g/mol. The summed E-state index contributed by atoms with van der Waals surface area (Å²) in [5, 5.41) is 9.80. The molecule has 2 fully saturated rings. The van der Waals surface area contributed by atoms with Crippen molar-refractivity contribution in [3.63, 3.8) is 0 Å². The van der Waals surface area contributed by atoms with Crippen LogP contribution in [0.15, 0.2) is 29.8 Å². The van der Waals surface area contributed by atoms with Crippen LogP contribution in [0.5, 0.6) is 0 Å².